The van der Waals surface area contributed by atoms with Gasteiger partial charge in [0, 0.05) is 13.2 Å². The molecule has 4 aromatic rings. The van der Waals surface area contributed by atoms with Crippen LogP contribution in [-0.4, -0.2) is 37.2 Å². The minimum absolute atomic E-state index is 0.119. The van der Waals surface area contributed by atoms with E-state index < -0.39 is 5.97 Å². The Morgan fingerprint density at radius 1 is 0.943 bits per heavy atom. The molecule has 13 heteroatoms. The molecular weight excluding hydrogens is 820 g/mol. The Morgan fingerprint density at radius 2 is 1.46 bits per heavy atom. The molecule has 0 aliphatic carbocycles. The van der Waals surface area contributed by atoms with Gasteiger partial charge >= 0.3 is 5.97 Å². The van der Waals surface area contributed by atoms with Crippen molar-refractivity contribution < 1.29 is 23.4 Å². The van der Waals surface area contributed by atoms with Crippen LogP contribution in [0, 0.1) is 18.8 Å². The molecule has 1 N–H and O–H groups in total. The number of hydrogen-bond donors (Lipinski definition) is 1. The van der Waals surface area contributed by atoms with Crippen molar-refractivity contribution in [1.82, 2.24) is 19.6 Å². The molecule has 0 saturated carbocycles. The minimum atomic E-state index is -0.471. The van der Waals surface area contributed by atoms with Crippen LogP contribution in [-0.2, 0) is 11.3 Å². The highest BCUT2D eigenvalue weighted by Gasteiger charge is 2.18. The van der Waals surface area contributed by atoms with Crippen molar-refractivity contribution >= 4 is 83.0 Å². The molecule has 0 amide bonds. The van der Waals surface area contributed by atoms with Crippen molar-refractivity contribution in [2.24, 2.45) is 0 Å². The largest absolute Gasteiger partial charge is 0.461 e. The van der Waals surface area contributed by atoms with Crippen molar-refractivity contribution in [1.29, 1.82) is 0 Å². The first-order valence-corrected chi connectivity index (χ1v) is 13.6. The summed E-state index contributed by atoms with van der Waals surface area (Å²) < 4.78 is 36.6. The topological polar surface area (TPSA) is 82.2 Å². The zero-order valence-electron chi connectivity index (χ0n) is 17.9. The van der Waals surface area contributed by atoms with Crippen LogP contribution in [0.25, 0.3) is 11.4 Å². The zero-order chi connectivity index (χ0) is 25.7. The van der Waals surface area contributed by atoms with Crippen LogP contribution >= 0.6 is 77.0 Å². The standard InChI is InChI=1S/C12H9BrFIN2O2.C10H7BrFIN2O/c1-2-19-12(18)10-6-11(13)16-17(10)9-4-3-7(14)5-8(9)15;11-10-4-7(5-16)15(14-10)9-2-1-6(12)3-8(9)13/h3-6H,2H2,1H3;1-4,16H,5H2. The third-order valence-electron chi connectivity index (χ3n) is 4.36. The van der Waals surface area contributed by atoms with Crippen molar-refractivity contribution in [2.75, 3.05) is 6.61 Å². The van der Waals surface area contributed by atoms with E-state index in [0.717, 1.165) is 9.26 Å². The number of rotatable bonds is 5. The molecule has 4 rings (SSSR count). The molecule has 2 heterocycles. The maximum atomic E-state index is 13.1. The van der Waals surface area contributed by atoms with Gasteiger partial charge in [0.25, 0.3) is 0 Å². The molecule has 0 aliphatic heterocycles. The quantitative estimate of drug-likeness (QED) is 0.186. The number of esters is 1. The summed E-state index contributed by atoms with van der Waals surface area (Å²) in [6, 6.07) is 12.0. The van der Waals surface area contributed by atoms with Gasteiger partial charge in [-0.1, -0.05) is 0 Å². The lowest BCUT2D eigenvalue weighted by Crippen LogP contribution is -2.12. The number of aliphatic hydroxyl groups excluding tert-OH is 1. The second-order valence-electron chi connectivity index (χ2n) is 6.70. The highest BCUT2D eigenvalue weighted by molar-refractivity contribution is 14.1. The van der Waals surface area contributed by atoms with Crippen LogP contribution < -0.4 is 0 Å². The summed E-state index contributed by atoms with van der Waals surface area (Å²) >= 11 is 10.5. The Hall–Kier alpha value is -1.43. The lowest BCUT2D eigenvalue weighted by Gasteiger charge is -2.08. The summed E-state index contributed by atoms with van der Waals surface area (Å²) in [7, 11) is 0. The molecule has 0 aliphatic rings. The zero-order valence-corrected chi connectivity index (χ0v) is 25.3. The summed E-state index contributed by atoms with van der Waals surface area (Å²) in [5.74, 6) is -1.09. The average molecular weight is 836 g/mol. The molecule has 2 aromatic carbocycles. The number of aromatic nitrogens is 4. The van der Waals surface area contributed by atoms with Crippen LogP contribution in [0.5, 0.6) is 0 Å². The fourth-order valence-corrected chi connectivity index (χ4v) is 5.11. The summed E-state index contributed by atoms with van der Waals surface area (Å²) in [5.41, 5.74) is 2.31. The van der Waals surface area contributed by atoms with Crippen LogP contribution in [0.1, 0.15) is 23.1 Å². The lowest BCUT2D eigenvalue weighted by atomic mass is 10.3. The van der Waals surface area contributed by atoms with E-state index in [2.05, 4.69) is 42.1 Å². The van der Waals surface area contributed by atoms with E-state index in [1.165, 1.54) is 28.9 Å². The molecule has 0 atom stereocenters. The maximum Gasteiger partial charge on any atom is 0.357 e. The highest BCUT2D eigenvalue weighted by Crippen LogP contribution is 2.23. The van der Waals surface area contributed by atoms with Crippen molar-refractivity contribution in [3.63, 3.8) is 0 Å². The summed E-state index contributed by atoms with van der Waals surface area (Å²) in [4.78, 5) is 11.8. The Bertz CT molecular complexity index is 1360. The maximum absolute atomic E-state index is 13.1. The van der Waals surface area contributed by atoms with Gasteiger partial charge in [0.2, 0.25) is 0 Å². The predicted molar refractivity (Wildman–Crippen MR) is 150 cm³/mol. The normalized spacial score (nSPS) is 10.6. The van der Waals surface area contributed by atoms with Gasteiger partial charge in [-0.3, -0.25) is 0 Å². The van der Waals surface area contributed by atoms with E-state index in [4.69, 9.17) is 4.74 Å². The van der Waals surface area contributed by atoms with Gasteiger partial charge in [0.05, 0.1) is 30.3 Å². The van der Waals surface area contributed by atoms with Crippen molar-refractivity contribution in [2.45, 2.75) is 13.5 Å². The third kappa shape index (κ3) is 7.08. The number of carbonyl (C=O) groups excluding carboxylic acids is 1. The van der Waals surface area contributed by atoms with Gasteiger partial charge in [0.1, 0.15) is 20.8 Å². The lowest BCUT2D eigenvalue weighted by molar-refractivity contribution is 0.0515. The van der Waals surface area contributed by atoms with E-state index >= 15 is 0 Å². The number of halogens is 6. The molecule has 0 bridgehead atoms. The number of benzene rings is 2. The van der Waals surface area contributed by atoms with Gasteiger partial charge in [-0.15, -0.1) is 0 Å². The Balaban J connectivity index is 0.000000198. The molecule has 0 spiro atoms. The van der Waals surface area contributed by atoms with Crippen LogP contribution in [0.15, 0.2) is 57.7 Å². The smallest absolute Gasteiger partial charge is 0.357 e. The SMILES string of the molecule is CCOC(=O)c1cc(Br)nn1-c1ccc(F)cc1I.OCc1cc(Br)nn1-c1ccc(F)cc1I. The third-order valence-corrected chi connectivity index (χ3v) is 6.86. The Kier molecular flexibility index (Phi) is 10.2. The fourth-order valence-electron chi connectivity index (χ4n) is 2.90. The molecule has 0 radical (unpaired) electrons. The van der Waals surface area contributed by atoms with Gasteiger partial charge in [-0.05, 0) is 126 Å². The molecule has 7 nitrogen and oxygen atoms in total. The molecule has 0 unspecified atom stereocenters. The van der Waals surface area contributed by atoms with E-state index in [9.17, 15) is 18.7 Å². The summed E-state index contributed by atoms with van der Waals surface area (Å²) in [6.45, 7) is 1.89. The summed E-state index contributed by atoms with van der Waals surface area (Å²) in [5, 5.41) is 17.5. The number of nitrogens with zero attached hydrogens (tertiary/aromatic N) is 4. The fraction of sp³-hybridized carbons (Fsp3) is 0.136. The second kappa shape index (κ2) is 12.7. The Labute approximate surface area is 243 Å². The van der Waals surface area contributed by atoms with E-state index in [-0.39, 0.29) is 24.8 Å². The number of ether oxygens (including phenoxy) is 1. The van der Waals surface area contributed by atoms with E-state index in [1.54, 1.807) is 35.9 Å². The first-order valence-electron chi connectivity index (χ1n) is 9.83. The van der Waals surface area contributed by atoms with E-state index in [0.29, 0.717) is 29.9 Å². The number of carbonyl (C=O) groups is 1. The van der Waals surface area contributed by atoms with Crippen LogP contribution in [0.4, 0.5) is 8.78 Å². The number of aliphatic hydroxyl groups is 1. The van der Waals surface area contributed by atoms with E-state index in [1.807, 2.05) is 45.2 Å². The van der Waals surface area contributed by atoms with Crippen LogP contribution in [0.3, 0.4) is 0 Å². The molecule has 0 saturated heterocycles. The molecule has 2 aromatic heterocycles. The van der Waals surface area contributed by atoms with Crippen molar-refractivity contribution in [3.05, 3.63) is 87.9 Å². The Morgan fingerprint density at radius 3 is 1.97 bits per heavy atom. The molecule has 35 heavy (non-hydrogen) atoms. The minimum Gasteiger partial charge on any atom is -0.461 e. The highest BCUT2D eigenvalue weighted by atomic mass is 127. The average Bonchev–Trinajstić information content (AvgIpc) is 3.36. The van der Waals surface area contributed by atoms with Gasteiger partial charge in [-0.2, -0.15) is 10.2 Å². The first-order chi connectivity index (χ1) is 16.6. The van der Waals surface area contributed by atoms with Crippen LogP contribution in [0.2, 0.25) is 0 Å². The summed E-state index contributed by atoms with van der Waals surface area (Å²) in [6.07, 6.45) is 0. The molecule has 0 fully saturated rings. The van der Waals surface area contributed by atoms with Gasteiger partial charge in [0.15, 0.2) is 5.69 Å². The van der Waals surface area contributed by atoms with Crippen molar-refractivity contribution in [3.8, 4) is 11.4 Å². The monoisotopic (exact) mass is 834 g/mol. The van der Waals surface area contributed by atoms with Gasteiger partial charge in [-0.25, -0.2) is 22.9 Å². The van der Waals surface area contributed by atoms with Gasteiger partial charge < -0.3 is 9.84 Å². The molecular formula is C22H16Br2F2I2N4O3. The molecule has 184 valence electrons. The first kappa shape index (κ1) is 28.1. The number of hydrogen-bond acceptors (Lipinski definition) is 5. The predicted octanol–water partition coefficient (Wildman–Crippen LogP) is 6.43. The second-order valence-corrected chi connectivity index (χ2v) is 10.7.